The van der Waals surface area contributed by atoms with E-state index in [0.29, 0.717) is 11.3 Å². The number of amides is 3. The third-order valence-corrected chi connectivity index (χ3v) is 5.88. The normalized spacial score (nSPS) is 17.1. The molecule has 0 spiro atoms. The minimum Gasteiger partial charge on any atom is -0.350 e. The molecule has 1 saturated carbocycles. The molecule has 1 heterocycles. The molecule has 0 saturated heterocycles. The molecule has 2 aromatic carbocycles. The van der Waals surface area contributed by atoms with Crippen molar-refractivity contribution in [2.45, 2.75) is 31.7 Å². The lowest BCUT2D eigenvalue weighted by Gasteiger charge is -2.16. The summed E-state index contributed by atoms with van der Waals surface area (Å²) in [5.74, 6) is -1.44. The number of nitrogens with one attached hydrogen (secondary N) is 2. The van der Waals surface area contributed by atoms with Gasteiger partial charge in [-0.05, 0) is 43.2 Å². The van der Waals surface area contributed by atoms with Gasteiger partial charge in [0.15, 0.2) is 0 Å². The maximum Gasteiger partial charge on any atom is 0.283 e. The van der Waals surface area contributed by atoms with E-state index in [0.717, 1.165) is 30.6 Å². The maximum atomic E-state index is 12.9. The van der Waals surface area contributed by atoms with E-state index in [1.54, 1.807) is 48.5 Å². The summed E-state index contributed by atoms with van der Waals surface area (Å²) >= 11 is 12.3. The van der Waals surface area contributed by atoms with Gasteiger partial charge in [0.25, 0.3) is 17.7 Å². The molecule has 6 nitrogen and oxygen atoms in total. The molecule has 4 rings (SSSR count). The fourth-order valence-corrected chi connectivity index (χ4v) is 4.12. The number of hydrogen-bond acceptors (Lipinski definition) is 4. The van der Waals surface area contributed by atoms with Crippen molar-refractivity contribution in [2.24, 2.45) is 0 Å². The van der Waals surface area contributed by atoms with Gasteiger partial charge < -0.3 is 10.6 Å². The fourth-order valence-electron chi connectivity index (χ4n) is 3.68. The Kier molecular flexibility index (Phi) is 5.79. The van der Waals surface area contributed by atoms with Crippen molar-refractivity contribution in [3.05, 3.63) is 69.8 Å². The Morgan fingerprint density at radius 1 is 0.967 bits per heavy atom. The largest absolute Gasteiger partial charge is 0.350 e. The van der Waals surface area contributed by atoms with Crippen LogP contribution in [0.25, 0.3) is 0 Å². The van der Waals surface area contributed by atoms with E-state index in [1.807, 2.05) is 0 Å². The number of nitrogens with zero attached hydrogens (tertiary/aromatic N) is 1. The Labute approximate surface area is 183 Å². The van der Waals surface area contributed by atoms with Crippen LogP contribution in [0.4, 0.5) is 11.4 Å². The average molecular weight is 444 g/mol. The van der Waals surface area contributed by atoms with Crippen LogP contribution >= 0.6 is 23.2 Å². The zero-order valence-electron chi connectivity index (χ0n) is 16.0. The number of benzene rings is 2. The van der Waals surface area contributed by atoms with Crippen LogP contribution in [0.1, 0.15) is 36.0 Å². The van der Waals surface area contributed by atoms with E-state index >= 15 is 0 Å². The van der Waals surface area contributed by atoms with Crippen LogP contribution in [0.5, 0.6) is 0 Å². The van der Waals surface area contributed by atoms with Gasteiger partial charge in [-0.3, -0.25) is 14.4 Å². The van der Waals surface area contributed by atoms with Crippen LogP contribution in [0, 0.1) is 0 Å². The number of carbonyl (C=O) groups is 3. The van der Waals surface area contributed by atoms with Crippen LogP contribution in [0.15, 0.2) is 59.3 Å². The minimum absolute atomic E-state index is 0.0602. The highest BCUT2D eigenvalue weighted by Crippen LogP contribution is 2.34. The molecule has 8 heteroatoms. The van der Waals surface area contributed by atoms with E-state index in [4.69, 9.17) is 23.2 Å². The highest BCUT2D eigenvalue weighted by molar-refractivity contribution is 6.53. The minimum atomic E-state index is -0.660. The average Bonchev–Trinajstić information content (AvgIpc) is 3.32. The zero-order chi connectivity index (χ0) is 21.3. The van der Waals surface area contributed by atoms with Gasteiger partial charge in [-0.1, -0.05) is 54.2 Å². The van der Waals surface area contributed by atoms with Gasteiger partial charge in [-0.2, -0.15) is 0 Å². The molecule has 0 radical (unpaired) electrons. The van der Waals surface area contributed by atoms with E-state index < -0.39 is 11.8 Å². The lowest BCUT2D eigenvalue weighted by atomic mass is 10.1. The van der Waals surface area contributed by atoms with Crippen molar-refractivity contribution < 1.29 is 14.4 Å². The first-order valence-electron chi connectivity index (χ1n) is 9.67. The smallest absolute Gasteiger partial charge is 0.283 e. The van der Waals surface area contributed by atoms with Gasteiger partial charge in [-0.15, -0.1) is 0 Å². The van der Waals surface area contributed by atoms with Crippen LogP contribution < -0.4 is 15.5 Å². The van der Waals surface area contributed by atoms with Gasteiger partial charge in [0.05, 0.1) is 10.7 Å². The Balaban J connectivity index is 1.54. The Morgan fingerprint density at radius 2 is 1.70 bits per heavy atom. The van der Waals surface area contributed by atoms with Gasteiger partial charge in [0, 0.05) is 17.3 Å². The molecule has 2 aromatic rings. The summed E-state index contributed by atoms with van der Waals surface area (Å²) in [5, 5.41) is 5.94. The summed E-state index contributed by atoms with van der Waals surface area (Å²) in [4.78, 5) is 38.9. The Hall–Kier alpha value is -2.83. The number of anilines is 2. The van der Waals surface area contributed by atoms with Crippen molar-refractivity contribution in [2.75, 3.05) is 10.2 Å². The Bertz CT molecular complexity index is 1060. The van der Waals surface area contributed by atoms with Crippen LogP contribution in [0.2, 0.25) is 5.02 Å². The van der Waals surface area contributed by atoms with Crippen molar-refractivity contribution in [1.82, 2.24) is 5.32 Å². The highest BCUT2D eigenvalue weighted by Gasteiger charge is 2.39. The zero-order valence-corrected chi connectivity index (χ0v) is 17.5. The lowest BCUT2D eigenvalue weighted by molar-refractivity contribution is -0.120. The molecule has 154 valence electrons. The van der Waals surface area contributed by atoms with Crippen molar-refractivity contribution in [1.29, 1.82) is 0 Å². The number of hydrogen-bond donors (Lipinski definition) is 2. The first-order valence-corrected chi connectivity index (χ1v) is 10.4. The molecule has 0 bridgehead atoms. The number of halogens is 2. The second kappa shape index (κ2) is 8.50. The first kappa shape index (κ1) is 20.4. The van der Waals surface area contributed by atoms with Crippen LogP contribution in [0.3, 0.4) is 0 Å². The SMILES string of the molecule is O=C(NC1CCCC1)c1cccc(NC2=C(Cl)C(=O)N(c3ccccc3Cl)C2=O)c1. The maximum absolute atomic E-state index is 12.9. The third kappa shape index (κ3) is 3.93. The summed E-state index contributed by atoms with van der Waals surface area (Å²) in [6.45, 7) is 0. The molecular formula is C22H19Cl2N3O3. The summed E-state index contributed by atoms with van der Waals surface area (Å²) in [6.07, 6.45) is 4.22. The second-order valence-electron chi connectivity index (χ2n) is 7.25. The molecular weight excluding hydrogens is 425 g/mol. The number of para-hydroxylation sites is 1. The predicted molar refractivity (Wildman–Crippen MR) is 117 cm³/mol. The lowest BCUT2D eigenvalue weighted by Crippen LogP contribution is -2.33. The molecule has 1 fully saturated rings. The molecule has 0 unspecified atom stereocenters. The van der Waals surface area contributed by atoms with E-state index in [1.165, 1.54) is 0 Å². The third-order valence-electron chi connectivity index (χ3n) is 5.21. The molecule has 3 amide bonds. The van der Waals surface area contributed by atoms with E-state index in [9.17, 15) is 14.4 Å². The van der Waals surface area contributed by atoms with Crippen LogP contribution in [-0.2, 0) is 9.59 Å². The van der Waals surface area contributed by atoms with E-state index in [2.05, 4.69) is 10.6 Å². The first-order chi connectivity index (χ1) is 14.5. The van der Waals surface area contributed by atoms with Crippen molar-refractivity contribution >= 4 is 52.3 Å². The molecule has 0 atom stereocenters. The number of carbonyl (C=O) groups excluding carboxylic acids is 3. The van der Waals surface area contributed by atoms with E-state index in [-0.39, 0.29) is 33.4 Å². The number of rotatable bonds is 5. The Morgan fingerprint density at radius 3 is 2.43 bits per heavy atom. The standard InChI is InChI=1S/C22H19Cl2N3O3/c23-16-10-3-4-11-17(16)27-21(29)18(24)19(22(27)30)25-15-9-5-6-13(12-15)20(28)26-14-7-1-2-8-14/h3-6,9-12,14,25H,1-2,7-8H2,(H,26,28). The summed E-state index contributed by atoms with van der Waals surface area (Å²) in [5.41, 5.74) is 1.14. The highest BCUT2D eigenvalue weighted by atomic mass is 35.5. The van der Waals surface area contributed by atoms with Gasteiger partial charge in [0.1, 0.15) is 10.7 Å². The summed E-state index contributed by atoms with van der Waals surface area (Å²) in [7, 11) is 0. The van der Waals surface area contributed by atoms with Crippen molar-refractivity contribution in [3.8, 4) is 0 Å². The van der Waals surface area contributed by atoms with Crippen molar-refractivity contribution in [3.63, 3.8) is 0 Å². The predicted octanol–water partition coefficient (Wildman–Crippen LogP) is 4.45. The quantitative estimate of drug-likeness (QED) is 0.669. The molecule has 1 aliphatic heterocycles. The van der Waals surface area contributed by atoms with Gasteiger partial charge in [0.2, 0.25) is 0 Å². The van der Waals surface area contributed by atoms with Crippen LogP contribution in [-0.4, -0.2) is 23.8 Å². The fraction of sp³-hybridized carbons (Fsp3) is 0.227. The topological polar surface area (TPSA) is 78.5 Å². The second-order valence-corrected chi connectivity index (χ2v) is 8.03. The molecule has 30 heavy (non-hydrogen) atoms. The monoisotopic (exact) mass is 443 g/mol. The van der Waals surface area contributed by atoms with Gasteiger partial charge >= 0.3 is 0 Å². The molecule has 2 aliphatic rings. The summed E-state index contributed by atoms with van der Waals surface area (Å²) < 4.78 is 0. The number of imide groups is 1. The molecule has 2 N–H and O–H groups in total. The van der Waals surface area contributed by atoms with Gasteiger partial charge in [-0.25, -0.2) is 4.90 Å². The molecule has 1 aliphatic carbocycles. The summed E-state index contributed by atoms with van der Waals surface area (Å²) in [6, 6.07) is 13.4. The molecule has 0 aromatic heterocycles.